The quantitative estimate of drug-likeness (QED) is 0.760. The van der Waals surface area contributed by atoms with Gasteiger partial charge in [0.15, 0.2) is 6.29 Å². The minimum Gasteiger partial charge on any atom is -0.475 e. The van der Waals surface area contributed by atoms with Crippen molar-refractivity contribution in [1.29, 1.82) is 0 Å². The van der Waals surface area contributed by atoms with Crippen molar-refractivity contribution in [2.24, 2.45) is 4.99 Å². The Kier molecular flexibility index (Phi) is 4.03. The molecule has 1 heterocycles. The number of carbonyl (C=O) groups excluding carboxylic acids is 1. The number of aldehydes is 1. The Morgan fingerprint density at radius 3 is 2.79 bits per heavy atom. The van der Waals surface area contributed by atoms with Crippen LogP contribution in [-0.2, 0) is 11.2 Å². The number of rotatable bonds is 5. The molecule has 1 aromatic carbocycles. The van der Waals surface area contributed by atoms with Gasteiger partial charge in [-0.3, -0.25) is 4.79 Å². The third kappa shape index (κ3) is 3.22. The molecule has 1 aromatic rings. The number of hydrogen-bond acceptors (Lipinski definition) is 3. The van der Waals surface area contributed by atoms with Crippen molar-refractivity contribution in [2.45, 2.75) is 45.6 Å². The molecule has 0 spiro atoms. The van der Waals surface area contributed by atoms with Gasteiger partial charge in [-0.15, -0.1) is 0 Å². The molecule has 3 nitrogen and oxygen atoms in total. The van der Waals surface area contributed by atoms with Gasteiger partial charge in [-0.25, -0.2) is 4.99 Å². The fourth-order valence-corrected chi connectivity index (χ4v) is 2.15. The summed E-state index contributed by atoms with van der Waals surface area (Å²) in [7, 11) is 0. The van der Waals surface area contributed by atoms with Crippen LogP contribution in [0.2, 0.25) is 0 Å². The standard InChI is InChI=1S/C16H21NO2/c1-4-5-6-12-7-8-13(10-18)14(9-12)15-17-16(2,3)11-19-15/h7-10H,4-6,11H2,1-3H3. The van der Waals surface area contributed by atoms with Crippen LogP contribution in [0.5, 0.6) is 0 Å². The van der Waals surface area contributed by atoms with E-state index < -0.39 is 0 Å². The van der Waals surface area contributed by atoms with Crippen molar-refractivity contribution in [2.75, 3.05) is 6.61 Å². The lowest BCUT2D eigenvalue weighted by molar-refractivity contribution is 0.112. The number of hydrogen-bond donors (Lipinski definition) is 0. The van der Waals surface area contributed by atoms with Crippen molar-refractivity contribution < 1.29 is 9.53 Å². The average Bonchev–Trinajstić information content (AvgIpc) is 2.76. The predicted octanol–water partition coefficient (Wildman–Crippen LogP) is 3.40. The highest BCUT2D eigenvalue weighted by atomic mass is 16.5. The summed E-state index contributed by atoms with van der Waals surface area (Å²) in [6.07, 6.45) is 4.21. The summed E-state index contributed by atoms with van der Waals surface area (Å²) in [5, 5.41) is 0. The molecule has 0 aliphatic carbocycles. The zero-order valence-electron chi connectivity index (χ0n) is 11.9. The smallest absolute Gasteiger partial charge is 0.217 e. The normalized spacial score (nSPS) is 16.9. The summed E-state index contributed by atoms with van der Waals surface area (Å²) in [6.45, 7) is 6.80. The average molecular weight is 259 g/mol. The maximum Gasteiger partial charge on any atom is 0.217 e. The van der Waals surface area contributed by atoms with Crippen LogP contribution in [0.4, 0.5) is 0 Å². The second-order valence-corrected chi connectivity index (χ2v) is 5.66. The molecule has 0 unspecified atom stereocenters. The van der Waals surface area contributed by atoms with Gasteiger partial charge in [-0.2, -0.15) is 0 Å². The van der Waals surface area contributed by atoms with E-state index in [1.54, 1.807) is 0 Å². The van der Waals surface area contributed by atoms with Gasteiger partial charge in [-0.1, -0.05) is 25.5 Å². The van der Waals surface area contributed by atoms with Gasteiger partial charge in [0.05, 0.1) is 5.54 Å². The molecule has 0 radical (unpaired) electrons. The Morgan fingerprint density at radius 2 is 2.21 bits per heavy atom. The van der Waals surface area contributed by atoms with Crippen LogP contribution in [0.3, 0.4) is 0 Å². The maximum absolute atomic E-state index is 11.2. The van der Waals surface area contributed by atoms with Gasteiger partial charge in [0.1, 0.15) is 6.61 Å². The number of aliphatic imine (C=N–C) groups is 1. The van der Waals surface area contributed by atoms with Gasteiger partial charge >= 0.3 is 0 Å². The molecule has 102 valence electrons. The van der Waals surface area contributed by atoms with E-state index in [2.05, 4.69) is 11.9 Å². The SMILES string of the molecule is CCCCc1ccc(C=O)c(C2=NC(C)(C)CO2)c1. The minimum atomic E-state index is -0.199. The first-order chi connectivity index (χ1) is 9.05. The monoisotopic (exact) mass is 259 g/mol. The molecular formula is C16H21NO2. The fraction of sp³-hybridized carbons (Fsp3) is 0.500. The highest BCUT2D eigenvalue weighted by Gasteiger charge is 2.28. The van der Waals surface area contributed by atoms with E-state index in [1.165, 1.54) is 5.56 Å². The summed E-state index contributed by atoms with van der Waals surface area (Å²) in [6, 6.07) is 5.92. The zero-order chi connectivity index (χ0) is 13.9. The van der Waals surface area contributed by atoms with Crippen LogP contribution in [0, 0.1) is 0 Å². The largest absolute Gasteiger partial charge is 0.475 e. The highest BCUT2D eigenvalue weighted by molar-refractivity contribution is 6.02. The molecule has 0 amide bonds. The van der Waals surface area contributed by atoms with Crippen LogP contribution in [0.25, 0.3) is 0 Å². The van der Waals surface area contributed by atoms with Crippen molar-refractivity contribution >= 4 is 12.2 Å². The third-order valence-corrected chi connectivity index (χ3v) is 3.26. The van der Waals surface area contributed by atoms with E-state index in [1.807, 2.05) is 32.0 Å². The Hall–Kier alpha value is -1.64. The summed E-state index contributed by atoms with van der Waals surface area (Å²) >= 11 is 0. The fourth-order valence-electron chi connectivity index (χ4n) is 2.15. The second-order valence-electron chi connectivity index (χ2n) is 5.66. The molecule has 19 heavy (non-hydrogen) atoms. The van der Waals surface area contributed by atoms with Crippen LogP contribution in [0.1, 0.15) is 55.1 Å². The first-order valence-electron chi connectivity index (χ1n) is 6.87. The predicted molar refractivity (Wildman–Crippen MR) is 77.0 cm³/mol. The van der Waals surface area contributed by atoms with Gasteiger partial charge < -0.3 is 4.74 Å². The molecule has 0 aromatic heterocycles. The van der Waals surface area contributed by atoms with Gasteiger partial charge in [-0.05, 0) is 38.3 Å². The van der Waals surface area contributed by atoms with Crippen LogP contribution in [-0.4, -0.2) is 24.3 Å². The summed E-state index contributed by atoms with van der Waals surface area (Å²) in [4.78, 5) is 15.7. The van der Waals surface area contributed by atoms with Crippen LogP contribution in [0.15, 0.2) is 23.2 Å². The number of nitrogens with zero attached hydrogens (tertiary/aromatic N) is 1. The Morgan fingerprint density at radius 1 is 1.42 bits per heavy atom. The molecule has 0 fully saturated rings. The molecule has 0 saturated heterocycles. The molecule has 1 aliphatic rings. The molecule has 0 bridgehead atoms. The third-order valence-electron chi connectivity index (χ3n) is 3.26. The highest BCUT2D eigenvalue weighted by Crippen LogP contribution is 2.23. The Balaban J connectivity index is 2.34. The number of carbonyl (C=O) groups is 1. The van der Waals surface area contributed by atoms with Crippen LogP contribution >= 0.6 is 0 Å². The topological polar surface area (TPSA) is 38.7 Å². The van der Waals surface area contributed by atoms with Crippen molar-refractivity contribution in [1.82, 2.24) is 0 Å². The van der Waals surface area contributed by atoms with Gasteiger partial charge in [0.2, 0.25) is 5.90 Å². The van der Waals surface area contributed by atoms with Gasteiger partial charge in [0.25, 0.3) is 0 Å². The lowest BCUT2D eigenvalue weighted by Gasteiger charge is -2.08. The van der Waals surface area contributed by atoms with Crippen molar-refractivity contribution in [3.8, 4) is 0 Å². The van der Waals surface area contributed by atoms with E-state index in [0.717, 1.165) is 31.1 Å². The van der Waals surface area contributed by atoms with Crippen molar-refractivity contribution in [3.63, 3.8) is 0 Å². The number of benzene rings is 1. The van der Waals surface area contributed by atoms with E-state index >= 15 is 0 Å². The summed E-state index contributed by atoms with van der Waals surface area (Å²) < 4.78 is 5.65. The zero-order valence-corrected chi connectivity index (χ0v) is 11.9. The second kappa shape index (κ2) is 5.55. The summed E-state index contributed by atoms with van der Waals surface area (Å²) in [5.41, 5.74) is 2.51. The molecule has 0 atom stereocenters. The first kappa shape index (κ1) is 13.8. The molecule has 3 heteroatoms. The number of aryl methyl sites for hydroxylation is 1. The molecule has 1 aliphatic heterocycles. The van der Waals surface area contributed by atoms with E-state index in [4.69, 9.17) is 4.74 Å². The van der Waals surface area contributed by atoms with Crippen LogP contribution < -0.4 is 0 Å². The van der Waals surface area contributed by atoms with Gasteiger partial charge in [0, 0.05) is 11.1 Å². The van der Waals surface area contributed by atoms with E-state index in [-0.39, 0.29) is 5.54 Å². The minimum absolute atomic E-state index is 0.199. The van der Waals surface area contributed by atoms with E-state index in [0.29, 0.717) is 18.1 Å². The Bertz CT molecular complexity index is 503. The number of ether oxygens (including phenoxy) is 1. The van der Waals surface area contributed by atoms with E-state index in [9.17, 15) is 4.79 Å². The molecule has 2 rings (SSSR count). The number of unbranched alkanes of at least 4 members (excludes halogenated alkanes) is 1. The summed E-state index contributed by atoms with van der Waals surface area (Å²) in [5.74, 6) is 0.602. The molecule has 0 saturated carbocycles. The Labute approximate surface area is 114 Å². The lowest BCUT2D eigenvalue weighted by Crippen LogP contribution is -2.17. The molecule has 0 N–H and O–H groups in total. The molecular weight excluding hydrogens is 238 g/mol. The van der Waals surface area contributed by atoms with Crippen molar-refractivity contribution in [3.05, 3.63) is 34.9 Å². The lowest BCUT2D eigenvalue weighted by atomic mass is 10.0. The maximum atomic E-state index is 11.2. The first-order valence-corrected chi connectivity index (χ1v) is 6.87.